The SMILES string of the molecule is CC1OC(c2ccc(N3NCC4CC43)cc2)CC1CN1CCC(C2CC=C(I)CC2)CC1. The van der Waals surface area contributed by atoms with Gasteiger partial charge in [-0.15, -0.1) is 0 Å². The molecular formula is C27H38IN3O. The third kappa shape index (κ3) is 4.51. The molecule has 3 heterocycles. The molecule has 1 aromatic rings. The van der Waals surface area contributed by atoms with Gasteiger partial charge in [-0.05, 0) is 127 Å². The minimum absolute atomic E-state index is 0.262. The van der Waals surface area contributed by atoms with Crippen LogP contribution in [0.5, 0.6) is 0 Å². The maximum atomic E-state index is 6.46. The number of fused-ring (bicyclic) bond motifs is 1. The average molecular weight is 548 g/mol. The van der Waals surface area contributed by atoms with Crippen LogP contribution in [0.15, 0.2) is 33.9 Å². The fourth-order valence-electron chi connectivity index (χ4n) is 6.75. The molecule has 6 unspecified atom stereocenters. The zero-order chi connectivity index (χ0) is 21.7. The molecule has 0 aromatic heterocycles. The first-order valence-electron chi connectivity index (χ1n) is 13.0. The predicted octanol–water partition coefficient (Wildman–Crippen LogP) is 5.70. The number of hydrogen-bond donors (Lipinski definition) is 1. The van der Waals surface area contributed by atoms with Crippen LogP contribution < -0.4 is 10.4 Å². The van der Waals surface area contributed by atoms with Gasteiger partial charge in [0, 0.05) is 19.0 Å². The number of nitrogens with zero attached hydrogens (tertiary/aromatic N) is 2. The van der Waals surface area contributed by atoms with E-state index in [4.69, 9.17) is 4.74 Å². The summed E-state index contributed by atoms with van der Waals surface area (Å²) in [6, 6.07) is 9.92. The van der Waals surface area contributed by atoms with Crippen LogP contribution in [0.2, 0.25) is 0 Å². The van der Waals surface area contributed by atoms with Crippen LogP contribution in [0.1, 0.15) is 63.5 Å². The van der Waals surface area contributed by atoms with Crippen LogP contribution in [0.4, 0.5) is 5.69 Å². The molecule has 3 saturated heterocycles. The fourth-order valence-corrected chi connectivity index (χ4v) is 7.32. The first-order chi connectivity index (χ1) is 15.6. The topological polar surface area (TPSA) is 27.7 Å². The van der Waals surface area contributed by atoms with Crippen molar-refractivity contribution in [3.63, 3.8) is 0 Å². The molecule has 0 amide bonds. The molecule has 1 aromatic carbocycles. The van der Waals surface area contributed by atoms with Crippen molar-refractivity contribution in [2.24, 2.45) is 23.7 Å². The van der Waals surface area contributed by atoms with Crippen LogP contribution in [0.25, 0.3) is 0 Å². The van der Waals surface area contributed by atoms with E-state index in [2.05, 4.69) is 75.2 Å². The van der Waals surface area contributed by atoms with Gasteiger partial charge < -0.3 is 14.6 Å². The Morgan fingerprint density at radius 3 is 2.50 bits per heavy atom. The van der Waals surface area contributed by atoms with Crippen LogP contribution >= 0.6 is 22.6 Å². The maximum Gasteiger partial charge on any atom is 0.0832 e. The van der Waals surface area contributed by atoms with Gasteiger partial charge in [-0.25, -0.2) is 5.43 Å². The third-order valence-electron chi connectivity index (χ3n) is 9.03. The Morgan fingerprint density at radius 2 is 1.84 bits per heavy atom. The van der Waals surface area contributed by atoms with Crippen LogP contribution in [0.3, 0.4) is 0 Å². The zero-order valence-corrected chi connectivity index (χ0v) is 21.5. The molecule has 4 nitrogen and oxygen atoms in total. The van der Waals surface area contributed by atoms with Crippen LogP contribution in [-0.4, -0.2) is 43.2 Å². The van der Waals surface area contributed by atoms with E-state index in [0.29, 0.717) is 12.0 Å². The van der Waals surface area contributed by atoms with Crippen molar-refractivity contribution in [2.45, 2.75) is 70.1 Å². The molecule has 32 heavy (non-hydrogen) atoms. The number of likely N-dealkylation sites (tertiary alicyclic amines) is 1. The van der Waals surface area contributed by atoms with Crippen LogP contribution in [0, 0.1) is 23.7 Å². The molecule has 5 heteroatoms. The number of allylic oxidation sites excluding steroid dienone is 2. The van der Waals surface area contributed by atoms with Gasteiger partial charge in [0.2, 0.25) is 0 Å². The number of ether oxygens (including phenoxy) is 1. The highest BCUT2D eigenvalue weighted by Gasteiger charge is 2.47. The van der Waals surface area contributed by atoms with Gasteiger partial charge in [0.15, 0.2) is 0 Å². The lowest BCUT2D eigenvalue weighted by Crippen LogP contribution is -2.40. The lowest BCUT2D eigenvalue weighted by molar-refractivity contribution is 0.0373. The summed E-state index contributed by atoms with van der Waals surface area (Å²) in [6.07, 6.45) is 12.5. The summed E-state index contributed by atoms with van der Waals surface area (Å²) in [5.74, 6) is 3.43. The Bertz CT molecular complexity index is 834. The van der Waals surface area contributed by atoms with E-state index >= 15 is 0 Å². The first kappa shape index (κ1) is 21.9. The lowest BCUT2D eigenvalue weighted by Gasteiger charge is -2.38. The highest BCUT2D eigenvalue weighted by atomic mass is 127. The Labute approximate surface area is 207 Å². The van der Waals surface area contributed by atoms with Gasteiger partial charge >= 0.3 is 0 Å². The largest absolute Gasteiger partial charge is 0.370 e. The molecule has 2 aliphatic carbocycles. The molecular weight excluding hydrogens is 509 g/mol. The molecule has 6 rings (SSSR count). The quantitative estimate of drug-likeness (QED) is 0.479. The number of piperidine rings is 1. The van der Waals surface area contributed by atoms with E-state index in [1.165, 1.54) is 75.8 Å². The molecule has 3 aliphatic heterocycles. The number of benzene rings is 1. The maximum absolute atomic E-state index is 6.46. The standard InChI is InChI=1S/C27H38IN3O/c1-18-23(17-30-12-10-20(11-13-30)19-2-6-24(28)7-3-19)15-27(32-18)21-4-8-25(9-5-21)31-26-14-22(26)16-29-31/h4-6,8-9,18-20,22-23,26-27,29H,2-3,7,10-17H2,1H3. The number of rotatable bonds is 5. The van der Waals surface area contributed by atoms with Gasteiger partial charge in [-0.2, -0.15) is 0 Å². The van der Waals surface area contributed by atoms with E-state index in [1.807, 2.05) is 0 Å². The molecule has 0 spiro atoms. The number of halogens is 1. The second kappa shape index (κ2) is 9.20. The first-order valence-corrected chi connectivity index (χ1v) is 14.1. The number of hydrogen-bond acceptors (Lipinski definition) is 4. The minimum atomic E-state index is 0.262. The van der Waals surface area contributed by atoms with Crippen molar-refractivity contribution in [3.8, 4) is 0 Å². The monoisotopic (exact) mass is 547 g/mol. The smallest absolute Gasteiger partial charge is 0.0832 e. The normalized spacial score (nSPS) is 38.1. The highest BCUT2D eigenvalue weighted by Crippen LogP contribution is 2.43. The summed E-state index contributed by atoms with van der Waals surface area (Å²) < 4.78 is 8.04. The van der Waals surface area contributed by atoms with Crippen molar-refractivity contribution < 1.29 is 4.74 Å². The molecule has 4 fully saturated rings. The van der Waals surface area contributed by atoms with Gasteiger partial charge in [-0.3, -0.25) is 0 Å². The lowest BCUT2D eigenvalue weighted by atomic mass is 9.78. The van der Waals surface area contributed by atoms with Gasteiger partial charge in [-0.1, -0.05) is 18.2 Å². The molecule has 1 saturated carbocycles. The summed E-state index contributed by atoms with van der Waals surface area (Å²) in [6.45, 7) is 7.23. The summed E-state index contributed by atoms with van der Waals surface area (Å²) >= 11 is 2.52. The predicted molar refractivity (Wildman–Crippen MR) is 139 cm³/mol. The van der Waals surface area contributed by atoms with Crippen molar-refractivity contribution in [2.75, 3.05) is 31.2 Å². The second-order valence-electron chi connectivity index (χ2n) is 11.0. The Balaban J connectivity index is 0.998. The fraction of sp³-hybridized carbons (Fsp3) is 0.704. The zero-order valence-electron chi connectivity index (χ0n) is 19.4. The Kier molecular flexibility index (Phi) is 6.29. The van der Waals surface area contributed by atoms with Crippen molar-refractivity contribution in [1.82, 2.24) is 10.3 Å². The van der Waals surface area contributed by atoms with Crippen molar-refractivity contribution >= 4 is 28.3 Å². The van der Waals surface area contributed by atoms with E-state index in [-0.39, 0.29) is 6.10 Å². The highest BCUT2D eigenvalue weighted by molar-refractivity contribution is 14.1. The average Bonchev–Trinajstić information content (AvgIpc) is 3.33. The van der Waals surface area contributed by atoms with Crippen molar-refractivity contribution in [1.29, 1.82) is 0 Å². The van der Waals surface area contributed by atoms with E-state index in [0.717, 1.165) is 30.3 Å². The number of nitrogens with one attached hydrogen (secondary N) is 1. The Hall–Kier alpha value is -0.630. The van der Waals surface area contributed by atoms with E-state index in [9.17, 15) is 0 Å². The molecule has 5 aliphatic rings. The van der Waals surface area contributed by atoms with Gasteiger partial charge in [0.25, 0.3) is 0 Å². The molecule has 6 atom stereocenters. The number of hydrazine groups is 1. The summed E-state index contributed by atoms with van der Waals surface area (Å²) in [5, 5.41) is 2.38. The van der Waals surface area contributed by atoms with Crippen molar-refractivity contribution in [3.05, 3.63) is 39.5 Å². The van der Waals surface area contributed by atoms with Gasteiger partial charge in [0.05, 0.1) is 23.9 Å². The molecule has 174 valence electrons. The summed E-state index contributed by atoms with van der Waals surface area (Å²) in [4.78, 5) is 2.74. The summed E-state index contributed by atoms with van der Waals surface area (Å²) in [7, 11) is 0. The molecule has 0 bridgehead atoms. The minimum Gasteiger partial charge on any atom is -0.370 e. The second-order valence-corrected chi connectivity index (χ2v) is 12.4. The molecule has 0 radical (unpaired) electrons. The van der Waals surface area contributed by atoms with Gasteiger partial charge in [0.1, 0.15) is 0 Å². The molecule has 1 N–H and O–H groups in total. The summed E-state index contributed by atoms with van der Waals surface area (Å²) in [5.41, 5.74) is 6.21. The van der Waals surface area contributed by atoms with Crippen LogP contribution in [-0.2, 0) is 4.74 Å². The Morgan fingerprint density at radius 1 is 1.03 bits per heavy atom. The van der Waals surface area contributed by atoms with E-state index < -0.39 is 0 Å². The number of anilines is 1. The van der Waals surface area contributed by atoms with E-state index in [1.54, 1.807) is 3.58 Å². The third-order valence-corrected chi connectivity index (χ3v) is 10.0.